The van der Waals surface area contributed by atoms with E-state index in [1.54, 1.807) is 4.90 Å². The molecule has 0 bridgehead atoms. The molecule has 3 fully saturated rings. The number of aliphatic hydroxyl groups is 1. The van der Waals surface area contributed by atoms with Crippen LogP contribution in [0.5, 0.6) is 0 Å². The van der Waals surface area contributed by atoms with Crippen LogP contribution in [0.15, 0.2) is 0 Å². The van der Waals surface area contributed by atoms with E-state index in [1.807, 2.05) is 11.9 Å². The van der Waals surface area contributed by atoms with Gasteiger partial charge >= 0.3 is 0 Å². The average molecular weight is 325 g/mol. The lowest BCUT2D eigenvalue weighted by molar-refractivity contribution is -0.157. The summed E-state index contributed by atoms with van der Waals surface area (Å²) in [6.07, 6.45) is 2.15. The van der Waals surface area contributed by atoms with Gasteiger partial charge in [0.2, 0.25) is 11.8 Å². The minimum Gasteiger partial charge on any atom is -0.395 e. The Bertz CT molecular complexity index is 456. The van der Waals surface area contributed by atoms with Crippen LogP contribution < -0.4 is 0 Å². The van der Waals surface area contributed by atoms with E-state index >= 15 is 0 Å². The summed E-state index contributed by atoms with van der Waals surface area (Å²) in [5, 5.41) is 9.15. The number of rotatable bonds is 3. The zero-order valence-electron chi connectivity index (χ0n) is 13.9. The second kappa shape index (κ2) is 6.75. The Kier molecular flexibility index (Phi) is 4.89. The van der Waals surface area contributed by atoms with E-state index in [9.17, 15) is 9.59 Å². The number of hydrogen-bond acceptors (Lipinski definition) is 5. The largest absolute Gasteiger partial charge is 0.395 e. The molecule has 1 N–H and O–H groups in total. The molecule has 3 heterocycles. The Balaban J connectivity index is 1.65. The van der Waals surface area contributed by atoms with E-state index in [1.165, 1.54) is 0 Å². The third kappa shape index (κ3) is 2.97. The predicted molar refractivity (Wildman–Crippen MR) is 83.8 cm³/mol. The van der Waals surface area contributed by atoms with Crippen molar-refractivity contribution in [3.8, 4) is 0 Å². The highest BCUT2D eigenvalue weighted by molar-refractivity contribution is 5.88. The van der Waals surface area contributed by atoms with E-state index in [2.05, 4.69) is 4.90 Å². The third-order valence-corrected chi connectivity index (χ3v) is 5.67. The zero-order valence-corrected chi connectivity index (χ0v) is 13.9. The van der Waals surface area contributed by atoms with Crippen molar-refractivity contribution in [1.29, 1.82) is 0 Å². The van der Waals surface area contributed by atoms with E-state index in [0.717, 1.165) is 13.0 Å². The summed E-state index contributed by atoms with van der Waals surface area (Å²) in [4.78, 5) is 31.2. The molecule has 7 heteroatoms. The van der Waals surface area contributed by atoms with Crippen LogP contribution >= 0.6 is 0 Å². The SMILES string of the molecule is CN1CCN(CCO)C(=O)C12CCN(C(=O)C1CCOC1)CC2. The molecule has 1 spiro atoms. The normalized spacial score (nSPS) is 28.6. The molecule has 0 aliphatic carbocycles. The third-order valence-electron chi connectivity index (χ3n) is 5.67. The van der Waals surface area contributed by atoms with Crippen LogP contribution in [0.4, 0.5) is 0 Å². The second-order valence-electron chi connectivity index (χ2n) is 6.85. The fourth-order valence-corrected chi connectivity index (χ4v) is 4.06. The smallest absolute Gasteiger partial charge is 0.243 e. The molecule has 0 aromatic heterocycles. The average Bonchev–Trinajstić information content (AvgIpc) is 3.10. The number of piperidine rings is 1. The van der Waals surface area contributed by atoms with Gasteiger partial charge in [-0.15, -0.1) is 0 Å². The molecular formula is C16H27N3O4. The maximum absolute atomic E-state index is 12.9. The number of carbonyl (C=O) groups is 2. The highest BCUT2D eigenvalue weighted by Gasteiger charge is 2.49. The van der Waals surface area contributed by atoms with Crippen molar-refractivity contribution in [2.75, 3.05) is 59.6 Å². The van der Waals surface area contributed by atoms with Gasteiger partial charge in [0.25, 0.3) is 0 Å². The lowest BCUT2D eigenvalue weighted by Crippen LogP contribution is -2.68. The lowest BCUT2D eigenvalue weighted by Gasteiger charge is -2.51. The first-order valence-electron chi connectivity index (χ1n) is 8.56. The van der Waals surface area contributed by atoms with Gasteiger partial charge in [0.05, 0.1) is 19.1 Å². The first-order valence-corrected chi connectivity index (χ1v) is 8.56. The standard InChI is InChI=1S/C16H27N3O4/c1-17-7-8-19(9-10-20)15(22)16(17)3-5-18(6-4-16)14(21)13-2-11-23-12-13/h13,20H,2-12H2,1H3. The van der Waals surface area contributed by atoms with Crippen LogP contribution in [-0.4, -0.2) is 96.8 Å². The van der Waals surface area contributed by atoms with Gasteiger partial charge in [-0.3, -0.25) is 14.5 Å². The van der Waals surface area contributed by atoms with Gasteiger partial charge in [0.1, 0.15) is 5.54 Å². The summed E-state index contributed by atoms with van der Waals surface area (Å²) >= 11 is 0. The summed E-state index contributed by atoms with van der Waals surface area (Å²) in [7, 11) is 2.00. The Morgan fingerprint density at radius 2 is 2.04 bits per heavy atom. The molecule has 130 valence electrons. The molecule has 3 rings (SSSR count). The highest BCUT2D eigenvalue weighted by Crippen LogP contribution is 2.33. The van der Waals surface area contributed by atoms with Crippen molar-refractivity contribution in [1.82, 2.24) is 14.7 Å². The number of carbonyl (C=O) groups excluding carboxylic acids is 2. The van der Waals surface area contributed by atoms with Crippen molar-refractivity contribution < 1.29 is 19.4 Å². The predicted octanol–water partition coefficient (Wildman–Crippen LogP) is -0.850. The van der Waals surface area contributed by atoms with E-state index in [-0.39, 0.29) is 24.3 Å². The number of aliphatic hydroxyl groups excluding tert-OH is 1. The summed E-state index contributed by atoms with van der Waals surface area (Å²) in [5.74, 6) is 0.279. The molecule has 0 aromatic rings. The maximum atomic E-state index is 12.9. The van der Waals surface area contributed by atoms with Crippen molar-refractivity contribution in [2.45, 2.75) is 24.8 Å². The van der Waals surface area contributed by atoms with Crippen molar-refractivity contribution in [2.24, 2.45) is 5.92 Å². The number of amides is 2. The van der Waals surface area contributed by atoms with Gasteiger partial charge in [-0.25, -0.2) is 0 Å². The van der Waals surface area contributed by atoms with Crippen LogP contribution in [0, 0.1) is 5.92 Å². The molecule has 1 atom stereocenters. The molecular weight excluding hydrogens is 298 g/mol. The van der Waals surface area contributed by atoms with Crippen LogP contribution in [0.1, 0.15) is 19.3 Å². The second-order valence-corrected chi connectivity index (χ2v) is 6.85. The molecule has 3 aliphatic heterocycles. The summed E-state index contributed by atoms with van der Waals surface area (Å²) < 4.78 is 5.31. The zero-order chi connectivity index (χ0) is 16.4. The van der Waals surface area contributed by atoms with Gasteiger partial charge < -0.3 is 19.6 Å². The molecule has 0 saturated carbocycles. The molecule has 2 amide bonds. The number of likely N-dealkylation sites (N-methyl/N-ethyl adjacent to an activating group) is 1. The number of nitrogens with zero attached hydrogens (tertiary/aromatic N) is 3. The number of β-amino-alcohol motifs (C(OH)–C–C–N with tert-alkyl or cyclic N) is 1. The Morgan fingerprint density at radius 1 is 1.30 bits per heavy atom. The van der Waals surface area contributed by atoms with Crippen molar-refractivity contribution >= 4 is 11.8 Å². The topological polar surface area (TPSA) is 73.3 Å². The number of likely N-dealkylation sites (tertiary alicyclic amines) is 1. The van der Waals surface area contributed by atoms with Crippen molar-refractivity contribution in [3.63, 3.8) is 0 Å². The fourth-order valence-electron chi connectivity index (χ4n) is 4.06. The van der Waals surface area contributed by atoms with E-state index in [4.69, 9.17) is 9.84 Å². The number of piperazine rings is 1. The van der Waals surface area contributed by atoms with Gasteiger partial charge in [0.15, 0.2) is 0 Å². The van der Waals surface area contributed by atoms with E-state index in [0.29, 0.717) is 52.2 Å². The maximum Gasteiger partial charge on any atom is 0.243 e. The van der Waals surface area contributed by atoms with Crippen molar-refractivity contribution in [3.05, 3.63) is 0 Å². The van der Waals surface area contributed by atoms with Crippen LogP contribution in [0.2, 0.25) is 0 Å². The number of hydrogen-bond donors (Lipinski definition) is 1. The first-order chi connectivity index (χ1) is 11.1. The fraction of sp³-hybridized carbons (Fsp3) is 0.875. The Morgan fingerprint density at radius 3 is 2.65 bits per heavy atom. The number of ether oxygens (including phenoxy) is 1. The van der Waals surface area contributed by atoms with Crippen LogP contribution in [-0.2, 0) is 14.3 Å². The highest BCUT2D eigenvalue weighted by atomic mass is 16.5. The molecule has 1 unspecified atom stereocenters. The van der Waals surface area contributed by atoms with Gasteiger partial charge in [-0.1, -0.05) is 0 Å². The lowest BCUT2D eigenvalue weighted by atomic mass is 9.82. The van der Waals surface area contributed by atoms with E-state index < -0.39 is 5.54 Å². The van der Waals surface area contributed by atoms with Crippen LogP contribution in [0.25, 0.3) is 0 Å². The van der Waals surface area contributed by atoms with Crippen LogP contribution in [0.3, 0.4) is 0 Å². The van der Waals surface area contributed by atoms with Gasteiger partial charge in [-0.2, -0.15) is 0 Å². The molecule has 0 radical (unpaired) electrons. The summed E-state index contributed by atoms with van der Waals surface area (Å²) in [5.41, 5.74) is -0.504. The molecule has 0 aromatic carbocycles. The first kappa shape index (κ1) is 16.7. The summed E-state index contributed by atoms with van der Waals surface area (Å²) in [6, 6.07) is 0. The molecule has 3 aliphatic rings. The Hall–Kier alpha value is -1.18. The molecule has 23 heavy (non-hydrogen) atoms. The monoisotopic (exact) mass is 325 g/mol. The minimum atomic E-state index is -0.504. The Labute approximate surface area is 137 Å². The minimum absolute atomic E-state index is 0.00216. The van der Waals surface area contributed by atoms with Gasteiger partial charge in [0, 0.05) is 39.3 Å². The molecule has 7 nitrogen and oxygen atoms in total. The quantitative estimate of drug-likeness (QED) is 0.732. The molecule has 3 saturated heterocycles. The van der Waals surface area contributed by atoms with Gasteiger partial charge in [-0.05, 0) is 26.3 Å². The summed E-state index contributed by atoms with van der Waals surface area (Å²) in [6.45, 7) is 4.33.